The summed E-state index contributed by atoms with van der Waals surface area (Å²) >= 11 is 11.8. The van der Waals surface area contributed by atoms with Crippen molar-refractivity contribution in [1.82, 2.24) is 10.3 Å². The number of carbonyl (C=O) groups excluding carboxylic acids is 2. The quantitative estimate of drug-likeness (QED) is 0.634. The van der Waals surface area contributed by atoms with Crippen molar-refractivity contribution in [1.29, 1.82) is 0 Å². The van der Waals surface area contributed by atoms with E-state index >= 15 is 0 Å². The number of nitrogens with one attached hydrogen (secondary N) is 3. The third-order valence-corrected chi connectivity index (χ3v) is 4.23. The molecule has 0 fully saturated rings. The summed E-state index contributed by atoms with van der Waals surface area (Å²) in [5.74, 6) is -0.599. The molecule has 7 heteroatoms. The number of amides is 2. The summed E-state index contributed by atoms with van der Waals surface area (Å²) in [6.45, 7) is -0.139. The predicted octanol–water partition coefficient (Wildman–Crippen LogP) is 3.77. The largest absolute Gasteiger partial charge is 0.361 e. The van der Waals surface area contributed by atoms with Crippen LogP contribution in [0.4, 0.5) is 5.69 Å². The Balaban J connectivity index is 1.54. The van der Waals surface area contributed by atoms with E-state index < -0.39 is 0 Å². The Labute approximate surface area is 154 Å². The van der Waals surface area contributed by atoms with Gasteiger partial charge in [-0.2, -0.15) is 0 Å². The number of fused-ring (bicyclic) bond motifs is 1. The number of rotatable bonds is 5. The molecule has 25 heavy (non-hydrogen) atoms. The molecule has 0 saturated heterocycles. The van der Waals surface area contributed by atoms with Gasteiger partial charge in [-0.05, 0) is 29.8 Å². The van der Waals surface area contributed by atoms with E-state index in [0.29, 0.717) is 15.7 Å². The molecule has 0 saturated carbocycles. The van der Waals surface area contributed by atoms with E-state index in [9.17, 15) is 9.59 Å². The van der Waals surface area contributed by atoms with Gasteiger partial charge in [-0.3, -0.25) is 9.59 Å². The van der Waals surface area contributed by atoms with E-state index in [1.807, 2.05) is 24.3 Å². The van der Waals surface area contributed by atoms with Crippen LogP contribution in [0.25, 0.3) is 10.9 Å². The fourth-order valence-electron chi connectivity index (χ4n) is 2.48. The van der Waals surface area contributed by atoms with Gasteiger partial charge < -0.3 is 15.6 Å². The van der Waals surface area contributed by atoms with Crippen molar-refractivity contribution in [3.63, 3.8) is 0 Å². The summed E-state index contributed by atoms with van der Waals surface area (Å²) in [6, 6.07) is 12.5. The van der Waals surface area contributed by atoms with E-state index in [1.54, 1.807) is 18.3 Å². The fourth-order valence-corrected chi connectivity index (χ4v) is 2.93. The molecule has 1 aromatic heterocycles. The second kappa shape index (κ2) is 7.59. The number of H-pyrrole nitrogens is 1. The van der Waals surface area contributed by atoms with Crippen LogP contribution in [0.2, 0.25) is 10.0 Å². The summed E-state index contributed by atoms with van der Waals surface area (Å²) in [4.78, 5) is 27.1. The van der Waals surface area contributed by atoms with E-state index in [-0.39, 0.29) is 24.8 Å². The Morgan fingerprint density at radius 1 is 1.04 bits per heavy atom. The maximum atomic E-state index is 12.1. The standard InChI is InChI=1S/C18H15Cl2N3O2/c19-12-5-6-16(14(20)8-12)23-18(25)10-22-17(24)7-11-9-21-15-4-2-1-3-13(11)15/h1-6,8-9,21H,7,10H2,(H,22,24)(H,23,25). The Kier molecular flexibility index (Phi) is 5.26. The van der Waals surface area contributed by atoms with Gasteiger partial charge in [0, 0.05) is 22.1 Å². The molecule has 0 spiro atoms. The van der Waals surface area contributed by atoms with Crippen molar-refractivity contribution in [2.75, 3.05) is 11.9 Å². The zero-order chi connectivity index (χ0) is 17.8. The van der Waals surface area contributed by atoms with Crippen LogP contribution in [0.5, 0.6) is 0 Å². The number of hydrogen-bond donors (Lipinski definition) is 3. The number of aromatic nitrogens is 1. The monoisotopic (exact) mass is 375 g/mol. The zero-order valence-corrected chi connectivity index (χ0v) is 14.6. The van der Waals surface area contributed by atoms with Crippen LogP contribution in [0.3, 0.4) is 0 Å². The zero-order valence-electron chi connectivity index (χ0n) is 13.1. The van der Waals surface area contributed by atoms with Crippen LogP contribution in [-0.4, -0.2) is 23.3 Å². The van der Waals surface area contributed by atoms with E-state index in [2.05, 4.69) is 15.6 Å². The summed E-state index contributed by atoms with van der Waals surface area (Å²) in [5.41, 5.74) is 2.30. The molecule has 2 amide bonds. The number of aromatic amines is 1. The number of benzene rings is 2. The third kappa shape index (κ3) is 4.32. The fraction of sp³-hybridized carbons (Fsp3) is 0.111. The highest BCUT2D eigenvalue weighted by Crippen LogP contribution is 2.25. The highest BCUT2D eigenvalue weighted by molar-refractivity contribution is 6.36. The molecule has 1 heterocycles. The van der Waals surface area contributed by atoms with Crippen molar-refractivity contribution in [2.24, 2.45) is 0 Å². The summed E-state index contributed by atoms with van der Waals surface area (Å²) in [5, 5.41) is 7.05. The second-order valence-corrected chi connectivity index (χ2v) is 6.33. The van der Waals surface area contributed by atoms with Gasteiger partial charge in [0.05, 0.1) is 23.7 Å². The van der Waals surface area contributed by atoms with Crippen LogP contribution in [0.15, 0.2) is 48.7 Å². The van der Waals surface area contributed by atoms with Crippen molar-refractivity contribution in [3.8, 4) is 0 Å². The lowest BCUT2D eigenvalue weighted by Crippen LogP contribution is -2.33. The first kappa shape index (κ1) is 17.3. The molecule has 2 aromatic carbocycles. The topological polar surface area (TPSA) is 74.0 Å². The number of anilines is 1. The van der Waals surface area contributed by atoms with Crippen molar-refractivity contribution < 1.29 is 9.59 Å². The minimum Gasteiger partial charge on any atom is -0.361 e. The van der Waals surface area contributed by atoms with Crippen LogP contribution in [-0.2, 0) is 16.0 Å². The highest BCUT2D eigenvalue weighted by Gasteiger charge is 2.11. The molecular formula is C18H15Cl2N3O2. The first-order valence-corrected chi connectivity index (χ1v) is 8.35. The van der Waals surface area contributed by atoms with Crippen molar-refractivity contribution >= 4 is 51.6 Å². The van der Waals surface area contributed by atoms with Gasteiger partial charge in [-0.25, -0.2) is 0 Å². The van der Waals surface area contributed by atoms with Gasteiger partial charge in [0.25, 0.3) is 0 Å². The van der Waals surface area contributed by atoms with Gasteiger partial charge >= 0.3 is 0 Å². The average molecular weight is 376 g/mol. The van der Waals surface area contributed by atoms with Crippen LogP contribution in [0.1, 0.15) is 5.56 Å². The molecule has 0 aliphatic carbocycles. The van der Waals surface area contributed by atoms with E-state index in [1.165, 1.54) is 6.07 Å². The molecule has 0 atom stereocenters. The maximum Gasteiger partial charge on any atom is 0.243 e. The first-order valence-electron chi connectivity index (χ1n) is 7.59. The molecule has 3 rings (SSSR count). The second-order valence-electron chi connectivity index (χ2n) is 5.49. The van der Waals surface area contributed by atoms with Crippen LogP contribution >= 0.6 is 23.2 Å². The Hall–Kier alpha value is -2.50. The van der Waals surface area contributed by atoms with Gasteiger partial charge in [0.15, 0.2) is 0 Å². The third-order valence-electron chi connectivity index (χ3n) is 3.68. The van der Waals surface area contributed by atoms with Gasteiger partial charge in [0.2, 0.25) is 11.8 Å². The highest BCUT2D eigenvalue weighted by atomic mass is 35.5. The Morgan fingerprint density at radius 3 is 2.64 bits per heavy atom. The number of carbonyl (C=O) groups is 2. The normalized spacial score (nSPS) is 10.6. The molecule has 5 nitrogen and oxygen atoms in total. The lowest BCUT2D eigenvalue weighted by Gasteiger charge is -2.08. The van der Waals surface area contributed by atoms with E-state index in [4.69, 9.17) is 23.2 Å². The average Bonchev–Trinajstić information content (AvgIpc) is 2.99. The van der Waals surface area contributed by atoms with Gasteiger partial charge in [-0.1, -0.05) is 41.4 Å². The number of hydrogen-bond acceptors (Lipinski definition) is 2. The van der Waals surface area contributed by atoms with Crippen LogP contribution in [0, 0.1) is 0 Å². The molecular weight excluding hydrogens is 361 g/mol. The van der Waals surface area contributed by atoms with Crippen LogP contribution < -0.4 is 10.6 Å². The van der Waals surface area contributed by atoms with Crippen molar-refractivity contribution in [3.05, 3.63) is 64.3 Å². The van der Waals surface area contributed by atoms with E-state index in [0.717, 1.165) is 16.5 Å². The molecule has 3 N–H and O–H groups in total. The summed E-state index contributed by atoms with van der Waals surface area (Å²) in [6.07, 6.45) is 2.00. The van der Waals surface area contributed by atoms with Gasteiger partial charge in [-0.15, -0.1) is 0 Å². The predicted molar refractivity (Wildman–Crippen MR) is 100 cm³/mol. The summed E-state index contributed by atoms with van der Waals surface area (Å²) in [7, 11) is 0. The van der Waals surface area contributed by atoms with Crippen molar-refractivity contribution in [2.45, 2.75) is 6.42 Å². The SMILES string of the molecule is O=C(Cc1c[nH]c2ccccc12)NCC(=O)Nc1ccc(Cl)cc1Cl. The Morgan fingerprint density at radius 2 is 1.84 bits per heavy atom. The molecule has 128 valence electrons. The van der Waals surface area contributed by atoms with Gasteiger partial charge in [0.1, 0.15) is 0 Å². The summed E-state index contributed by atoms with van der Waals surface area (Å²) < 4.78 is 0. The number of halogens is 2. The lowest BCUT2D eigenvalue weighted by molar-refractivity contribution is -0.123. The molecule has 0 radical (unpaired) electrons. The minimum absolute atomic E-state index is 0.139. The lowest BCUT2D eigenvalue weighted by atomic mass is 10.1. The Bertz CT molecular complexity index is 937. The minimum atomic E-state index is -0.364. The number of para-hydroxylation sites is 1. The molecule has 0 bridgehead atoms. The first-order chi connectivity index (χ1) is 12.0. The molecule has 3 aromatic rings. The molecule has 0 unspecified atom stereocenters. The molecule has 0 aliphatic heterocycles. The molecule has 0 aliphatic rings. The maximum absolute atomic E-state index is 12.1. The smallest absolute Gasteiger partial charge is 0.243 e.